The van der Waals surface area contributed by atoms with E-state index in [0.29, 0.717) is 36.6 Å². The molecule has 0 saturated carbocycles. The van der Waals surface area contributed by atoms with Crippen molar-refractivity contribution in [3.8, 4) is 33.6 Å². The third-order valence-electron chi connectivity index (χ3n) is 11.4. The van der Waals surface area contributed by atoms with Gasteiger partial charge in [0.15, 0.2) is 0 Å². The number of hydrogen-bond acceptors (Lipinski definition) is 5. The average Bonchev–Trinajstić information content (AvgIpc) is 4.07. The smallest absolute Gasteiger partial charge is 0.245 e. The highest BCUT2D eigenvalue weighted by atomic mass is 19.1. The van der Waals surface area contributed by atoms with E-state index in [9.17, 15) is 9.59 Å². The number of likely N-dealkylation sites (N-methyl/N-ethyl adjacent to an activating group) is 1. The Morgan fingerprint density at radius 2 is 1.30 bits per heavy atom. The molecule has 0 unspecified atom stereocenters. The fourth-order valence-corrected chi connectivity index (χ4v) is 8.48. The van der Waals surface area contributed by atoms with Gasteiger partial charge in [0.25, 0.3) is 0 Å². The summed E-state index contributed by atoms with van der Waals surface area (Å²) in [5, 5.41) is 0. The lowest BCUT2D eigenvalue weighted by molar-refractivity contribution is -0.138. The molecule has 8 rings (SSSR count). The Hall–Kier alpha value is -5.87. The number of benzene rings is 4. The number of amides is 2. The number of aromatic amines is 2. The van der Waals surface area contributed by atoms with Gasteiger partial charge in [-0.05, 0) is 78.7 Å². The first-order valence-electron chi connectivity index (χ1n) is 19.8. The van der Waals surface area contributed by atoms with Gasteiger partial charge in [-0.2, -0.15) is 0 Å². The van der Waals surface area contributed by atoms with Crippen molar-refractivity contribution in [3.05, 3.63) is 144 Å². The molecule has 6 aromatic rings. The van der Waals surface area contributed by atoms with E-state index in [1.54, 1.807) is 18.3 Å². The number of carbonyl (C=O) groups is 2. The molecule has 0 bridgehead atoms. The monoisotopic (exact) mass is 749 g/mol. The zero-order valence-electron chi connectivity index (χ0n) is 32.0. The second-order valence-electron chi connectivity index (χ2n) is 14.8. The van der Waals surface area contributed by atoms with Gasteiger partial charge in [-0.3, -0.25) is 14.5 Å². The highest BCUT2D eigenvalue weighted by Crippen LogP contribution is 2.37. The first-order chi connectivity index (χ1) is 27.4. The van der Waals surface area contributed by atoms with Crippen molar-refractivity contribution in [1.29, 1.82) is 0 Å². The van der Waals surface area contributed by atoms with E-state index in [0.717, 1.165) is 78.1 Å². The van der Waals surface area contributed by atoms with Crippen molar-refractivity contribution >= 4 is 11.8 Å². The van der Waals surface area contributed by atoms with Crippen molar-refractivity contribution in [1.82, 2.24) is 34.6 Å². The number of H-pyrrole nitrogens is 2. The molecule has 2 fully saturated rings. The van der Waals surface area contributed by atoms with Crippen molar-refractivity contribution in [2.75, 3.05) is 26.2 Å². The molecule has 10 heteroatoms. The van der Waals surface area contributed by atoms with E-state index in [4.69, 9.17) is 4.98 Å². The van der Waals surface area contributed by atoms with Crippen LogP contribution in [0.15, 0.2) is 116 Å². The molecule has 2 amide bonds. The molecule has 9 nitrogen and oxygen atoms in total. The maximum Gasteiger partial charge on any atom is 0.245 e. The lowest BCUT2D eigenvalue weighted by atomic mass is 10.0. The van der Waals surface area contributed by atoms with E-state index >= 15 is 4.39 Å². The molecular formula is C46H48FN7O2. The van der Waals surface area contributed by atoms with Gasteiger partial charge < -0.3 is 19.8 Å². The number of nitrogens with one attached hydrogen (secondary N) is 2. The number of likely N-dealkylation sites (tertiary alicyclic amines) is 2. The van der Waals surface area contributed by atoms with Crippen LogP contribution in [-0.2, 0) is 16.0 Å². The molecule has 2 aliphatic heterocycles. The largest absolute Gasteiger partial charge is 0.340 e. The second-order valence-corrected chi connectivity index (χ2v) is 14.8. The van der Waals surface area contributed by atoms with E-state index in [1.807, 2.05) is 107 Å². The van der Waals surface area contributed by atoms with Crippen LogP contribution < -0.4 is 0 Å². The van der Waals surface area contributed by atoms with Crippen LogP contribution in [0.2, 0.25) is 0 Å². The Morgan fingerprint density at radius 1 is 0.732 bits per heavy atom. The molecule has 2 aliphatic rings. The normalized spacial score (nSPS) is 17.5. The van der Waals surface area contributed by atoms with E-state index < -0.39 is 0 Å². The zero-order chi connectivity index (χ0) is 38.6. The average molecular weight is 750 g/mol. The van der Waals surface area contributed by atoms with Crippen LogP contribution in [0.3, 0.4) is 0 Å². The molecule has 2 saturated heterocycles. The molecule has 4 aromatic carbocycles. The summed E-state index contributed by atoms with van der Waals surface area (Å²) in [6.45, 7) is 7.15. The Kier molecular flexibility index (Phi) is 10.9. The summed E-state index contributed by atoms with van der Waals surface area (Å²) in [4.78, 5) is 49.7. The molecule has 286 valence electrons. The van der Waals surface area contributed by atoms with Crippen molar-refractivity contribution in [2.24, 2.45) is 0 Å². The summed E-state index contributed by atoms with van der Waals surface area (Å²) in [6.07, 6.45) is 7.33. The lowest BCUT2D eigenvalue weighted by Gasteiger charge is -2.34. The predicted octanol–water partition coefficient (Wildman–Crippen LogP) is 8.93. The summed E-state index contributed by atoms with van der Waals surface area (Å²) in [7, 11) is 0. The van der Waals surface area contributed by atoms with Crippen LogP contribution >= 0.6 is 0 Å². The Balaban J connectivity index is 0.944. The van der Waals surface area contributed by atoms with E-state index in [-0.39, 0.29) is 35.8 Å². The standard InChI is InChI=1S/C46H48FN7O2/c1-3-52(4-2)43(34-15-9-6-10-16-34)46(56)54-26-12-18-41(54)45-48-29-38(50-45)33-21-19-32(20-22-33)35-23-24-36(37(47)28-35)39-30-49-44(51-39)40-17-11-25-53(40)42(55)27-31-13-7-5-8-14-31/h5-10,13-16,19-24,28-30,40-41,43H,3-4,11-12,17-18,25-27H2,1-2H3,(H,48,50)(H,49,51)/t40-,41-,43+/m0/s1. The summed E-state index contributed by atoms with van der Waals surface area (Å²) >= 11 is 0. The fraction of sp³-hybridized carbons (Fsp3) is 0.304. The van der Waals surface area contributed by atoms with Crippen LogP contribution in [0.1, 0.15) is 80.4 Å². The molecule has 4 heterocycles. The fourth-order valence-electron chi connectivity index (χ4n) is 8.48. The van der Waals surface area contributed by atoms with E-state index in [2.05, 4.69) is 33.7 Å². The molecule has 2 N–H and O–H groups in total. The number of carbonyl (C=O) groups excluding carboxylic acids is 2. The predicted molar refractivity (Wildman–Crippen MR) is 217 cm³/mol. The maximum atomic E-state index is 15.7. The number of rotatable bonds is 12. The van der Waals surface area contributed by atoms with Crippen LogP contribution in [0.25, 0.3) is 33.6 Å². The summed E-state index contributed by atoms with van der Waals surface area (Å²) in [5.74, 6) is 1.31. The highest BCUT2D eigenvalue weighted by Gasteiger charge is 2.38. The van der Waals surface area contributed by atoms with Gasteiger partial charge >= 0.3 is 0 Å². The van der Waals surface area contributed by atoms with Gasteiger partial charge in [-0.1, -0.05) is 105 Å². The summed E-state index contributed by atoms with van der Waals surface area (Å²) in [5.41, 5.74) is 6.49. The zero-order valence-corrected chi connectivity index (χ0v) is 32.0. The molecule has 56 heavy (non-hydrogen) atoms. The number of hydrogen-bond donors (Lipinski definition) is 2. The van der Waals surface area contributed by atoms with Crippen molar-refractivity contribution in [3.63, 3.8) is 0 Å². The minimum Gasteiger partial charge on any atom is -0.340 e. The van der Waals surface area contributed by atoms with Gasteiger partial charge in [0.1, 0.15) is 23.5 Å². The molecule has 0 radical (unpaired) electrons. The quantitative estimate of drug-likeness (QED) is 0.130. The van der Waals surface area contributed by atoms with Gasteiger partial charge in [0.05, 0.1) is 42.3 Å². The van der Waals surface area contributed by atoms with Crippen LogP contribution in [0.4, 0.5) is 4.39 Å². The Bertz CT molecular complexity index is 2270. The van der Waals surface area contributed by atoms with Gasteiger partial charge in [-0.15, -0.1) is 0 Å². The third-order valence-corrected chi connectivity index (χ3v) is 11.4. The minimum atomic E-state index is -0.352. The number of nitrogens with zero attached hydrogens (tertiary/aromatic N) is 5. The summed E-state index contributed by atoms with van der Waals surface area (Å²) < 4.78 is 15.7. The van der Waals surface area contributed by atoms with Crippen LogP contribution in [0.5, 0.6) is 0 Å². The number of halogens is 1. The van der Waals surface area contributed by atoms with Gasteiger partial charge in [0, 0.05) is 18.7 Å². The number of imidazole rings is 2. The third kappa shape index (κ3) is 7.53. The van der Waals surface area contributed by atoms with Crippen molar-refractivity contribution in [2.45, 2.75) is 64.1 Å². The Morgan fingerprint density at radius 3 is 1.96 bits per heavy atom. The maximum absolute atomic E-state index is 15.7. The van der Waals surface area contributed by atoms with Gasteiger partial charge in [0.2, 0.25) is 11.8 Å². The molecule has 2 aromatic heterocycles. The highest BCUT2D eigenvalue weighted by molar-refractivity contribution is 5.84. The molecule has 0 aliphatic carbocycles. The molecular weight excluding hydrogens is 702 g/mol. The SMILES string of the molecule is CCN(CC)[C@@H](C(=O)N1CCC[C@H]1c1ncc(-c2ccc(-c3ccc(-c4cnc([C@@H]5CCCN5C(=O)Cc5ccccc5)[nH]4)c(F)c3)cc2)[nH]1)c1ccccc1. The molecule has 3 atom stereocenters. The van der Waals surface area contributed by atoms with Crippen LogP contribution in [-0.4, -0.2) is 72.6 Å². The second kappa shape index (κ2) is 16.5. The topological polar surface area (TPSA) is 101 Å². The first-order valence-corrected chi connectivity index (χ1v) is 19.8. The minimum absolute atomic E-state index is 0.0711. The lowest BCUT2D eigenvalue weighted by Crippen LogP contribution is -2.43. The Labute approximate surface area is 327 Å². The van der Waals surface area contributed by atoms with Crippen molar-refractivity contribution < 1.29 is 14.0 Å². The molecule has 0 spiro atoms. The van der Waals surface area contributed by atoms with Gasteiger partial charge in [-0.25, -0.2) is 14.4 Å². The summed E-state index contributed by atoms with van der Waals surface area (Å²) in [6, 6.07) is 32.5. The van der Waals surface area contributed by atoms with E-state index in [1.165, 1.54) is 0 Å². The van der Waals surface area contributed by atoms with Crippen LogP contribution in [0, 0.1) is 5.82 Å². The first kappa shape index (κ1) is 37.1. The number of aromatic nitrogens is 4.